The van der Waals surface area contributed by atoms with Crippen LogP contribution < -0.4 is 4.90 Å². The molecule has 2 aromatic rings. The largest absolute Gasteiger partial charge is 0.355 e. The van der Waals surface area contributed by atoms with Crippen molar-refractivity contribution in [1.29, 1.82) is 0 Å². The molecule has 20 heavy (non-hydrogen) atoms. The maximum absolute atomic E-state index is 4.55. The number of aryl methyl sites for hydroxylation is 1. The molecule has 0 spiro atoms. The van der Waals surface area contributed by atoms with E-state index in [1.54, 1.807) is 17.7 Å². The van der Waals surface area contributed by atoms with Crippen LogP contribution >= 0.6 is 27.3 Å². The Balaban J connectivity index is 1.84. The molecule has 3 rings (SSSR count). The molecular formula is C14H19BrN4S. The van der Waals surface area contributed by atoms with Gasteiger partial charge in [-0.3, -0.25) is 0 Å². The Morgan fingerprint density at radius 1 is 1.25 bits per heavy atom. The predicted octanol–water partition coefficient (Wildman–Crippen LogP) is 2.91. The van der Waals surface area contributed by atoms with E-state index in [1.165, 1.54) is 23.2 Å². The minimum Gasteiger partial charge on any atom is -0.355 e. The highest BCUT2D eigenvalue weighted by Crippen LogP contribution is 2.30. The molecule has 1 saturated heterocycles. The van der Waals surface area contributed by atoms with Gasteiger partial charge in [-0.25, -0.2) is 9.97 Å². The van der Waals surface area contributed by atoms with Crippen molar-refractivity contribution in [2.45, 2.75) is 13.3 Å². The number of hydrogen-bond donors (Lipinski definition) is 0. The van der Waals surface area contributed by atoms with E-state index in [0.29, 0.717) is 0 Å². The van der Waals surface area contributed by atoms with Gasteiger partial charge in [0.25, 0.3) is 0 Å². The summed E-state index contributed by atoms with van der Waals surface area (Å²) in [4.78, 5) is 16.3. The van der Waals surface area contributed by atoms with Crippen molar-refractivity contribution < 1.29 is 0 Å². The second-order valence-electron chi connectivity index (χ2n) is 5.14. The van der Waals surface area contributed by atoms with Gasteiger partial charge in [-0.15, -0.1) is 11.3 Å². The zero-order valence-corrected chi connectivity index (χ0v) is 14.1. The molecule has 6 heteroatoms. The van der Waals surface area contributed by atoms with Gasteiger partial charge in [0.2, 0.25) is 0 Å². The fraction of sp³-hybridized carbons (Fsp3) is 0.571. The van der Waals surface area contributed by atoms with Crippen molar-refractivity contribution in [3.05, 3.63) is 17.3 Å². The highest BCUT2D eigenvalue weighted by atomic mass is 79.9. The summed E-state index contributed by atoms with van der Waals surface area (Å²) in [6, 6.07) is 2.22. The summed E-state index contributed by atoms with van der Waals surface area (Å²) < 4.78 is 0. The van der Waals surface area contributed by atoms with Crippen molar-refractivity contribution in [1.82, 2.24) is 14.9 Å². The number of halogens is 1. The van der Waals surface area contributed by atoms with Gasteiger partial charge in [0.05, 0.1) is 5.39 Å². The maximum atomic E-state index is 4.55. The molecule has 0 aromatic carbocycles. The summed E-state index contributed by atoms with van der Waals surface area (Å²) in [6.07, 6.45) is 2.90. The minimum absolute atomic E-state index is 1.05. The van der Waals surface area contributed by atoms with Crippen LogP contribution in [0.2, 0.25) is 0 Å². The van der Waals surface area contributed by atoms with Crippen LogP contribution in [0.15, 0.2) is 12.4 Å². The number of aromatic nitrogens is 2. The molecule has 0 N–H and O–H groups in total. The van der Waals surface area contributed by atoms with Gasteiger partial charge in [-0.1, -0.05) is 15.9 Å². The van der Waals surface area contributed by atoms with Crippen LogP contribution in [0.5, 0.6) is 0 Å². The smallest absolute Gasteiger partial charge is 0.140 e. The summed E-state index contributed by atoms with van der Waals surface area (Å²) in [7, 11) is 0. The third-order valence-electron chi connectivity index (χ3n) is 3.72. The summed E-state index contributed by atoms with van der Waals surface area (Å²) in [5.74, 6) is 1.11. The van der Waals surface area contributed by atoms with E-state index in [2.05, 4.69) is 48.7 Å². The molecule has 0 atom stereocenters. The topological polar surface area (TPSA) is 32.3 Å². The lowest BCUT2D eigenvalue weighted by atomic mass is 10.3. The lowest BCUT2D eigenvalue weighted by Crippen LogP contribution is -2.32. The van der Waals surface area contributed by atoms with E-state index in [-0.39, 0.29) is 0 Å². The van der Waals surface area contributed by atoms with E-state index >= 15 is 0 Å². The molecule has 2 aromatic heterocycles. The first-order valence-electron chi connectivity index (χ1n) is 7.02. The van der Waals surface area contributed by atoms with Crippen molar-refractivity contribution in [2.75, 3.05) is 43.0 Å². The first-order chi connectivity index (χ1) is 9.78. The molecule has 108 valence electrons. The Morgan fingerprint density at radius 3 is 3.00 bits per heavy atom. The van der Waals surface area contributed by atoms with Crippen LogP contribution in [0.25, 0.3) is 10.2 Å². The third-order valence-corrected chi connectivity index (χ3v) is 5.03. The van der Waals surface area contributed by atoms with Crippen LogP contribution in [0, 0.1) is 6.92 Å². The second-order valence-corrected chi connectivity index (χ2v) is 7.17. The molecule has 0 bridgehead atoms. The van der Waals surface area contributed by atoms with Crippen molar-refractivity contribution in [2.24, 2.45) is 0 Å². The number of anilines is 1. The quantitative estimate of drug-likeness (QED) is 0.793. The van der Waals surface area contributed by atoms with Crippen LogP contribution in [-0.2, 0) is 0 Å². The van der Waals surface area contributed by atoms with E-state index < -0.39 is 0 Å². The lowest BCUT2D eigenvalue weighted by molar-refractivity contribution is 0.313. The summed E-state index contributed by atoms with van der Waals surface area (Å²) >= 11 is 5.28. The molecule has 0 radical (unpaired) electrons. The average molecular weight is 355 g/mol. The standard InChI is InChI=1S/C14H19BrN4S/c1-11-9-12-13(16-10-17-14(12)20-11)19-5-2-4-18(6-3-15)7-8-19/h9-10H,2-8H2,1H3. The summed E-state index contributed by atoms with van der Waals surface area (Å²) in [5, 5.41) is 2.26. The molecule has 0 saturated carbocycles. The van der Waals surface area contributed by atoms with E-state index in [1.807, 2.05) is 0 Å². The number of hydrogen-bond acceptors (Lipinski definition) is 5. The Hall–Kier alpha value is -0.720. The second kappa shape index (κ2) is 6.37. The monoisotopic (exact) mass is 354 g/mol. The third kappa shape index (κ3) is 2.97. The molecular weight excluding hydrogens is 336 g/mol. The normalized spacial score (nSPS) is 17.6. The molecule has 1 aliphatic rings. The first-order valence-corrected chi connectivity index (χ1v) is 8.96. The van der Waals surface area contributed by atoms with Gasteiger partial charge in [0.1, 0.15) is 17.0 Å². The molecule has 1 fully saturated rings. The van der Waals surface area contributed by atoms with Gasteiger partial charge in [0, 0.05) is 36.4 Å². The van der Waals surface area contributed by atoms with E-state index in [0.717, 1.165) is 42.2 Å². The van der Waals surface area contributed by atoms with Crippen LogP contribution in [0.1, 0.15) is 11.3 Å². The van der Waals surface area contributed by atoms with E-state index in [9.17, 15) is 0 Å². The highest BCUT2D eigenvalue weighted by molar-refractivity contribution is 9.09. The number of alkyl halides is 1. The van der Waals surface area contributed by atoms with Crippen molar-refractivity contribution in [3.8, 4) is 0 Å². The zero-order chi connectivity index (χ0) is 13.9. The van der Waals surface area contributed by atoms with Crippen LogP contribution in [0.3, 0.4) is 0 Å². The van der Waals surface area contributed by atoms with Gasteiger partial charge in [-0.2, -0.15) is 0 Å². The molecule has 0 unspecified atom stereocenters. The fourth-order valence-electron chi connectivity index (χ4n) is 2.74. The molecule has 4 nitrogen and oxygen atoms in total. The maximum Gasteiger partial charge on any atom is 0.140 e. The minimum atomic E-state index is 1.05. The Morgan fingerprint density at radius 2 is 2.15 bits per heavy atom. The fourth-order valence-corrected chi connectivity index (χ4v) is 4.08. The molecule has 0 aliphatic carbocycles. The predicted molar refractivity (Wildman–Crippen MR) is 89.2 cm³/mol. The van der Waals surface area contributed by atoms with Gasteiger partial charge in [0.15, 0.2) is 0 Å². The lowest BCUT2D eigenvalue weighted by Gasteiger charge is -2.22. The van der Waals surface area contributed by atoms with E-state index in [4.69, 9.17) is 0 Å². The zero-order valence-electron chi connectivity index (χ0n) is 11.7. The number of rotatable bonds is 3. The highest BCUT2D eigenvalue weighted by Gasteiger charge is 2.18. The van der Waals surface area contributed by atoms with Crippen molar-refractivity contribution >= 4 is 43.3 Å². The van der Waals surface area contributed by atoms with Gasteiger partial charge < -0.3 is 9.80 Å². The molecule has 3 heterocycles. The Kier molecular flexibility index (Phi) is 4.53. The number of thiophene rings is 1. The SMILES string of the molecule is Cc1cc2c(N3CCCN(CCBr)CC3)ncnc2s1. The number of fused-ring (bicyclic) bond motifs is 1. The summed E-state index contributed by atoms with van der Waals surface area (Å²) in [5.41, 5.74) is 0. The number of nitrogens with zero attached hydrogens (tertiary/aromatic N) is 4. The van der Waals surface area contributed by atoms with Crippen molar-refractivity contribution in [3.63, 3.8) is 0 Å². The summed E-state index contributed by atoms with van der Waals surface area (Å²) in [6.45, 7) is 7.69. The van der Waals surface area contributed by atoms with Crippen LogP contribution in [-0.4, -0.2) is 52.9 Å². The van der Waals surface area contributed by atoms with Gasteiger partial charge >= 0.3 is 0 Å². The first kappa shape index (κ1) is 14.2. The Bertz CT molecular complexity index is 586. The Labute approximate surface area is 131 Å². The molecule has 1 aliphatic heterocycles. The van der Waals surface area contributed by atoms with Crippen LogP contribution in [0.4, 0.5) is 5.82 Å². The average Bonchev–Trinajstić information content (AvgIpc) is 2.67. The van der Waals surface area contributed by atoms with Gasteiger partial charge in [-0.05, 0) is 26.0 Å². The molecule has 0 amide bonds.